The van der Waals surface area contributed by atoms with E-state index in [-0.39, 0.29) is 5.41 Å². The molecule has 166 valence electrons. The van der Waals surface area contributed by atoms with Crippen LogP contribution in [0.25, 0.3) is 11.1 Å². The Kier molecular flexibility index (Phi) is 9.20. The van der Waals surface area contributed by atoms with Crippen molar-refractivity contribution in [2.24, 2.45) is 11.3 Å². The van der Waals surface area contributed by atoms with Crippen LogP contribution in [-0.2, 0) is 12.8 Å². The molecule has 0 spiro atoms. The quantitative estimate of drug-likeness (QED) is 0.336. The van der Waals surface area contributed by atoms with Gasteiger partial charge < -0.3 is 0 Å². The highest BCUT2D eigenvalue weighted by Gasteiger charge is 2.35. The monoisotopic (exact) mass is 415 g/mol. The third kappa shape index (κ3) is 6.96. The van der Waals surface area contributed by atoms with Gasteiger partial charge in [-0.15, -0.1) is 0 Å². The first-order valence-electron chi connectivity index (χ1n) is 12.8. The van der Waals surface area contributed by atoms with Gasteiger partial charge in [0, 0.05) is 0 Å². The average Bonchev–Trinajstić information content (AvgIpc) is 2.83. The molecule has 0 N–H and O–H groups in total. The lowest BCUT2D eigenvalue weighted by Gasteiger charge is -2.35. The van der Waals surface area contributed by atoms with E-state index in [0.29, 0.717) is 0 Å². The van der Waals surface area contributed by atoms with Crippen molar-refractivity contribution in [2.75, 3.05) is 0 Å². The largest absolute Gasteiger partial charge is 0.198 e. The fraction of sp³-hybridized carbons (Fsp3) is 0.567. The number of aryl methyl sites for hydroxylation is 2. The Balaban J connectivity index is 1.52. The number of unbranched alkanes of at least 4 members (excludes halogenated alkanes) is 4. The number of hydrogen-bond acceptors (Lipinski definition) is 1. The van der Waals surface area contributed by atoms with Crippen molar-refractivity contribution in [3.8, 4) is 17.2 Å². The van der Waals surface area contributed by atoms with Gasteiger partial charge in [-0.1, -0.05) is 107 Å². The maximum atomic E-state index is 9.89. The minimum Gasteiger partial charge on any atom is -0.198 e. The standard InChI is InChI=1S/C30H41N/c1-3-5-6-7-8-10-26-12-16-28(17-13-26)29-18-14-27(15-19-29)20-22-30(24-31)21-9-11-25(4-2)23-30/h12-19,25H,3-11,20-23H2,1-2H3. The third-order valence-corrected chi connectivity index (χ3v) is 7.46. The molecule has 2 atom stereocenters. The molecule has 0 bridgehead atoms. The van der Waals surface area contributed by atoms with Crippen LogP contribution in [0.15, 0.2) is 48.5 Å². The summed E-state index contributed by atoms with van der Waals surface area (Å²) in [5, 5.41) is 9.89. The van der Waals surface area contributed by atoms with Crippen molar-refractivity contribution >= 4 is 0 Å². The number of nitrogens with zero attached hydrogens (tertiary/aromatic N) is 1. The number of rotatable bonds is 11. The topological polar surface area (TPSA) is 23.8 Å². The van der Waals surface area contributed by atoms with E-state index in [1.54, 1.807) is 0 Å². The summed E-state index contributed by atoms with van der Waals surface area (Å²) in [5.74, 6) is 0.745. The van der Waals surface area contributed by atoms with E-state index in [4.69, 9.17) is 0 Å². The average molecular weight is 416 g/mol. The first-order chi connectivity index (χ1) is 15.2. The molecule has 0 heterocycles. The number of nitriles is 1. The normalized spacial score (nSPS) is 21.0. The van der Waals surface area contributed by atoms with Gasteiger partial charge in [0.25, 0.3) is 0 Å². The highest BCUT2D eigenvalue weighted by Crippen LogP contribution is 2.43. The molecule has 1 fully saturated rings. The molecule has 1 heteroatoms. The summed E-state index contributed by atoms with van der Waals surface area (Å²) >= 11 is 0. The van der Waals surface area contributed by atoms with Crippen molar-refractivity contribution in [1.29, 1.82) is 5.26 Å². The zero-order valence-corrected chi connectivity index (χ0v) is 19.8. The van der Waals surface area contributed by atoms with Gasteiger partial charge in [0.05, 0.1) is 11.5 Å². The molecule has 1 aliphatic carbocycles. The lowest BCUT2D eigenvalue weighted by molar-refractivity contribution is 0.183. The molecule has 0 aliphatic heterocycles. The molecule has 1 aliphatic rings. The van der Waals surface area contributed by atoms with Crippen molar-refractivity contribution < 1.29 is 0 Å². The second-order valence-corrected chi connectivity index (χ2v) is 9.82. The van der Waals surface area contributed by atoms with E-state index in [1.165, 1.54) is 80.0 Å². The SMILES string of the molecule is CCCCCCCc1ccc(-c2ccc(CCC3(C#N)CCCC(CC)C3)cc2)cc1. The van der Waals surface area contributed by atoms with E-state index in [1.807, 2.05) is 0 Å². The Hall–Kier alpha value is -2.07. The van der Waals surface area contributed by atoms with Crippen LogP contribution in [0.3, 0.4) is 0 Å². The van der Waals surface area contributed by atoms with Gasteiger partial charge in [0.15, 0.2) is 0 Å². The van der Waals surface area contributed by atoms with Crippen LogP contribution < -0.4 is 0 Å². The third-order valence-electron chi connectivity index (χ3n) is 7.46. The summed E-state index contributed by atoms with van der Waals surface area (Å²) in [6.07, 6.45) is 15.9. The second kappa shape index (κ2) is 12.1. The molecule has 1 saturated carbocycles. The Labute approximate surface area is 190 Å². The summed E-state index contributed by atoms with van der Waals surface area (Å²) in [5.41, 5.74) is 5.31. The van der Waals surface area contributed by atoms with Crippen LogP contribution in [0.5, 0.6) is 0 Å². The van der Waals surface area contributed by atoms with Crippen molar-refractivity contribution in [1.82, 2.24) is 0 Å². The van der Waals surface area contributed by atoms with Crippen molar-refractivity contribution in [2.45, 2.75) is 97.3 Å². The molecule has 2 unspecified atom stereocenters. The zero-order chi connectivity index (χ0) is 21.9. The lowest BCUT2D eigenvalue weighted by atomic mass is 9.67. The molecule has 0 radical (unpaired) electrons. The van der Waals surface area contributed by atoms with Crippen molar-refractivity contribution in [3.05, 3.63) is 59.7 Å². The van der Waals surface area contributed by atoms with E-state index in [0.717, 1.165) is 31.6 Å². The van der Waals surface area contributed by atoms with Crippen LogP contribution >= 0.6 is 0 Å². The van der Waals surface area contributed by atoms with E-state index in [9.17, 15) is 5.26 Å². The Morgan fingerprint density at radius 1 is 0.839 bits per heavy atom. The molecule has 2 aromatic rings. The molecule has 0 aromatic heterocycles. The first kappa shape index (κ1) is 23.6. The maximum Gasteiger partial charge on any atom is 0.0689 e. The predicted molar refractivity (Wildman–Crippen MR) is 133 cm³/mol. The molecule has 0 amide bonds. The number of benzene rings is 2. The molecule has 31 heavy (non-hydrogen) atoms. The van der Waals surface area contributed by atoms with Crippen LogP contribution in [0.2, 0.25) is 0 Å². The highest BCUT2D eigenvalue weighted by atomic mass is 14.4. The molecule has 3 rings (SSSR count). The van der Waals surface area contributed by atoms with Crippen LogP contribution in [-0.4, -0.2) is 0 Å². The second-order valence-electron chi connectivity index (χ2n) is 9.82. The van der Waals surface area contributed by atoms with E-state index in [2.05, 4.69) is 68.4 Å². The minimum absolute atomic E-state index is 0.0933. The highest BCUT2D eigenvalue weighted by molar-refractivity contribution is 5.64. The Morgan fingerprint density at radius 2 is 1.45 bits per heavy atom. The van der Waals surface area contributed by atoms with Gasteiger partial charge in [-0.2, -0.15) is 5.26 Å². The summed E-state index contributed by atoms with van der Waals surface area (Å²) in [4.78, 5) is 0. The van der Waals surface area contributed by atoms with Crippen LogP contribution in [0.4, 0.5) is 0 Å². The maximum absolute atomic E-state index is 9.89. The summed E-state index contributed by atoms with van der Waals surface area (Å²) in [6, 6.07) is 20.9. The van der Waals surface area contributed by atoms with Crippen LogP contribution in [0.1, 0.15) is 95.6 Å². The van der Waals surface area contributed by atoms with Crippen LogP contribution in [0, 0.1) is 22.7 Å². The predicted octanol–water partition coefficient (Wildman–Crippen LogP) is 8.91. The summed E-state index contributed by atoms with van der Waals surface area (Å²) in [7, 11) is 0. The molecular formula is C30H41N. The number of hydrogen-bond donors (Lipinski definition) is 0. The molecule has 1 nitrogen and oxygen atoms in total. The summed E-state index contributed by atoms with van der Waals surface area (Å²) < 4.78 is 0. The Bertz CT molecular complexity index is 811. The fourth-order valence-electron chi connectivity index (χ4n) is 5.26. The van der Waals surface area contributed by atoms with Crippen molar-refractivity contribution in [3.63, 3.8) is 0 Å². The molecular weight excluding hydrogens is 374 g/mol. The van der Waals surface area contributed by atoms with Gasteiger partial charge >= 0.3 is 0 Å². The van der Waals surface area contributed by atoms with Gasteiger partial charge in [-0.25, -0.2) is 0 Å². The van der Waals surface area contributed by atoms with E-state index >= 15 is 0 Å². The lowest BCUT2D eigenvalue weighted by Crippen LogP contribution is -2.27. The van der Waals surface area contributed by atoms with E-state index < -0.39 is 0 Å². The molecule has 2 aromatic carbocycles. The zero-order valence-electron chi connectivity index (χ0n) is 19.8. The van der Waals surface area contributed by atoms with Gasteiger partial charge in [-0.3, -0.25) is 0 Å². The minimum atomic E-state index is -0.0933. The van der Waals surface area contributed by atoms with Gasteiger partial charge in [0.1, 0.15) is 0 Å². The summed E-state index contributed by atoms with van der Waals surface area (Å²) in [6.45, 7) is 4.55. The first-order valence-corrected chi connectivity index (χ1v) is 12.8. The Morgan fingerprint density at radius 3 is 2.03 bits per heavy atom. The van der Waals surface area contributed by atoms with Gasteiger partial charge in [0.2, 0.25) is 0 Å². The smallest absolute Gasteiger partial charge is 0.0689 e. The fourth-order valence-corrected chi connectivity index (χ4v) is 5.26. The van der Waals surface area contributed by atoms with Gasteiger partial charge in [-0.05, 0) is 66.7 Å². The molecule has 0 saturated heterocycles.